The van der Waals surface area contributed by atoms with Gasteiger partial charge < -0.3 is 9.80 Å². The minimum absolute atomic E-state index is 0.0521. The van der Waals surface area contributed by atoms with E-state index in [0.717, 1.165) is 0 Å². The zero-order chi connectivity index (χ0) is 19.4. The zero-order valence-electron chi connectivity index (χ0n) is 14.7. The largest absolute Gasteiger partial charge is 0.347 e. The average molecular weight is 368 g/mol. The van der Waals surface area contributed by atoms with Crippen LogP contribution in [-0.4, -0.2) is 46.9 Å². The van der Waals surface area contributed by atoms with E-state index in [-0.39, 0.29) is 17.4 Å². The zero-order valence-corrected chi connectivity index (χ0v) is 14.7. The molecule has 2 aromatic rings. The Morgan fingerprint density at radius 2 is 2.00 bits per heavy atom. The molecule has 0 spiro atoms. The van der Waals surface area contributed by atoms with Gasteiger partial charge in [-0.3, -0.25) is 14.9 Å². The summed E-state index contributed by atoms with van der Waals surface area (Å²) in [6.45, 7) is 3.29. The molecule has 1 fully saturated rings. The van der Waals surface area contributed by atoms with Gasteiger partial charge in [0, 0.05) is 49.9 Å². The molecule has 1 saturated heterocycles. The number of aryl methyl sites for hydroxylation is 1. The first-order valence-corrected chi connectivity index (χ1v) is 8.37. The van der Waals surface area contributed by atoms with Crippen LogP contribution in [0.2, 0.25) is 0 Å². The summed E-state index contributed by atoms with van der Waals surface area (Å²) in [5.74, 6) is 4.99. The Morgan fingerprint density at radius 1 is 1.26 bits per heavy atom. The summed E-state index contributed by atoms with van der Waals surface area (Å²) in [6.07, 6.45) is 1.51. The van der Waals surface area contributed by atoms with Gasteiger partial charge in [-0.25, -0.2) is 9.37 Å². The van der Waals surface area contributed by atoms with E-state index in [1.165, 1.54) is 30.5 Å². The number of rotatable bonds is 2. The Hall–Kier alpha value is -3.47. The first kappa shape index (κ1) is 18.3. The van der Waals surface area contributed by atoms with Crippen molar-refractivity contribution in [1.82, 2.24) is 9.88 Å². The van der Waals surface area contributed by atoms with Gasteiger partial charge in [-0.1, -0.05) is 5.92 Å². The van der Waals surface area contributed by atoms with Gasteiger partial charge in [0.1, 0.15) is 5.82 Å². The number of anilines is 1. The van der Waals surface area contributed by atoms with Gasteiger partial charge in [-0.05, 0) is 36.8 Å². The lowest BCUT2D eigenvalue weighted by molar-refractivity contribution is -0.384. The van der Waals surface area contributed by atoms with Crippen LogP contribution in [0.1, 0.15) is 11.1 Å². The number of halogens is 1. The van der Waals surface area contributed by atoms with E-state index < -0.39 is 4.92 Å². The maximum atomic E-state index is 13.3. The van der Waals surface area contributed by atoms with E-state index in [2.05, 4.69) is 16.8 Å². The molecule has 0 bridgehead atoms. The summed E-state index contributed by atoms with van der Waals surface area (Å²) in [6, 6.07) is 7.38. The predicted molar refractivity (Wildman–Crippen MR) is 97.7 cm³/mol. The molecule has 1 aliphatic heterocycles. The number of piperazine rings is 1. The molecule has 1 aromatic heterocycles. The second kappa shape index (κ2) is 7.83. The van der Waals surface area contributed by atoms with Crippen molar-refractivity contribution in [2.75, 3.05) is 31.1 Å². The van der Waals surface area contributed by atoms with Crippen LogP contribution in [0, 0.1) is 34.7 Å². The SMILES string of the molecule is Cc1cc(C#CC(=O)N2CCN(c3ncccc3[N+](=O)[O-])CC2)ccc1F. The fourth-order valence-corrected chi connectivity index (χ4v) is 2.82. The van der Waals surface area contributed by atoms with Crippen molar-refractivity contribution >= 4 is 17.4 Å². The summed E-state index contributed by atoms with van der Waals surface area (Å²) in [7, 11) is 0. The van der Waals surface area contributed by atoms with E-state index in [1.807, 2.05) is 0 Å². The summed E-state index contributed by atoms with van der Waals surface area (Å²) in [5.41, 5.74) is 0.994. The molecular weight excluding hydrogens is 351 g/mol. The minimum Gasteiger partial charge on any atom is -0.347 e. The number of benzene rings is 1. The molecule has 0 saturated carbocycles. The molecule has 0 radical (unpaired) electrons. The molecular formula is C19H17FN4O3. The fraction of sp³-hybridized carbons (Fsp3) is 0.263. The lowest BCUT2D eigenvalue weighted by atomic mass is 10.1. The van der Waals surface area contributed by atoms with Crippen molar-refractivity contribution in [3.05, 3.63) is 63.6 Å². The molecule has 0 N–H and O–H groups in total. The normalized spacial score (nSPS) is 13.7. The van der Waals surface area contributed by atoms with Crippen LogP contribution in [0.25, 0.3) is 0 Å². The molecule has 0 aliphatic carbocycles. The highest BCUT2D eigenvalue weighted by Crippen LogP contribution is 2.25. The number of carbonyl (C=O) groups excluding carboxylic acids is 1. The molecule has 3 rings (SSSR count). The number of nitro groups is 1. The Bertz CT molecular complexity index is 943. The monoisotopic (exact) mass is 368 g/mol. The second-order valence-electron chi connectivity index (χ2n) is 6.10. The third kappa shape index (κ3) is 4.20. The summed E-state index contributed by atoms with van der Waals surface area (Å²) in [5, 5.41) is 11.1. The highest BCUT2D eigenvalue weighted by atomic mass is 19.1. The van der Waals surface area contributed by atoms with E-state index >= 15 is 0 Å². The van der Waals surface area contributed by atoms with Crippen molar-refractivity contribution < 1.29 is 14.1 Å². The first-order valence-electron chi connectivity index (χ1n) is 8.37. The highest BCUT2D eigenvalue weighted by molar-refractivity contribution is 5.94. The number of nitrogens with zero attached hydrogens (tertiary/aromatic N) is 4. The van der Waals surface area contributed by atoms with Gasteiger partial charge in [-0.2, -0.15) is 0 Å². The van der Waals surface area contributed by atoms with Gasteiger partial charge in [0.05, 0.1) is 4.92 Å². The van der Waals surface area contributed by atoms with E-state index in [9.17, 15) is 19.3 Å². The van der Waals surface area contributed by atoms with Crippen LogP contribution in [0.4, 0.5) is 15.9 Å². The molecule has 27 heavy (non-hydrogen) atoms. The molecule has 1 amide bonds. The van der Waals surface area contributed by atoms with Gasteiger partial charge in [0.2, 0.25) is 5.82 Å². The number of hydrogen-bond donors (Lipinski definition) is 0. The molecule has 2 heterocycles. The molecule has 0 atom stereocenters. The Morgan fingerprint density at radius 3 is 2.67 bits per heavy atom. The molecule has 0 unspecified atom stereocenters. The summed E-state index contributed by atoms with van der Waals surface area (Å²) >= 11 is 0. The van der Waals surface area contributed by atoms with Gasteiger partial charge >= 0.3 is 5.69 Å². The van der Waals surface area contributed by atoms with E-state index in [0.29, 0.717) is 43.1 Å². The summed E-state index contributed by atoms with van der Waals surface area (Å²) in [4.78, 5) is 30.4. The van der Waals surface area contributed by atoms with Crippen molar-refractivity contribution in [3.8, 4) is 11.8 Å². The van der Waals surface area contributed by atoms with Gasteiger partial charge in [0.15, 0.2) is 0 Å². The van der Waals surface area contributed by atoms with Crippen molar-refractivity contribution in [1.29, 1.82) is 0 Å². The number of pyridine rings is 1. The maximum Gasteiger partial charge on any atom is 0.311 e. The number of hydrogen-bond acceptors (Lipinski definition) is 5. The molecule has 7 nitrogen and oxygen atoms in total. The van der Waals surface area contributed by atoms with Crippen LogP contribution >= 0.6 is 0 Å². The van der Waals surface area contributed by atoms with Gasteiger partial charge in [-0.15, -0.1) is 0 Å². The van der Waals surface area contributed by atoms with E-state index in [1.54, 1.807) is 22.8 Å². The third-order valence-corrected chi connectivity index (χ3v) is 4.30. The smallest absolute Gasteiger partial charge is 0.311 e. The number of carbonyl (C=O) groups is 1. The molecule has 1 aliphatic rings. The molecule has 138 valence electrons. The quantitative estimate of drug-likeness (QED) is 0.461. The van der Waals surface area contributed by atoms with Crippen LogP contribution < -0.4 is 4.90 Å². The number of amides is 1. The van der Waals surface area contributed by atoms with Crippen molar-refractivity contribution in [3.63, 3.8) is 0 Å². The van der Waals surface area contributed by atoms with E-state index in [4.69, 9.17) is 0 Å². The van der Waals surface area contributed by atoms with Crippen LogP contribution in [0.5, 0.6) is 0 Å². The lowest BCUT2D eigenvalue weighted by Crippen LogP contribution is -2.48. The third-order valence-electron chi connectivity index (χ3n) is 4.30. The molecule has 8 heteroatoms. The highest BCUT2D eigenvalue weighted by Gasteiger charge is 2.26. The second-order valence-corrected chi connectivity index (χ2v) is 6.10. The summed E-state index contributed by atoms with van der Waals surface area (Å²) < 4.78 is 13.3. The topological polar surface area (TPSA) is 79.6 Å². The molecule has 1 aromatic carbocycles. The Kier molecular flexibility index (Phi) is 5.31. The predicted octanol–water partition coefficient (Wildman–Crippen LogP) is 2.14. The number of aromatic nitrogens is 1. The maximum absolute atomic E-state index is 13.3. The average Bonchev–Trinajstić information content (AvgIpc) is 2.68. The minimum atomic E-state index is -0.462. The van der Waals surface area contributed by atoms with Crippen molar-refractivity contribution in [2.24, 2.45) is 0 Å². The Labute approximate surface area is 155 Å². The van der Waals surface area contributed by atoms with Crippen LogP contribution in [0.3, 0.4) is 0 Å². The van der Waals surface area contributed by atoms with Crippen LogP contribution in [-0.2, 0) is 4.79 Å². The van der Waals surface area contributed by atoms with Crippen LogP contribution in [0.15, 0.2) is 36.5 Å². The first-order chi connectivity index (χ1) is 13.0. The fourth-order valence-electron chi connectivity index (χ4n) is 2.82. The Balaban J connectivity index is 1.64. The standard InChI is InChI=1S/C19H17FN4O3/c1-14-13-15(4-6-16(14)20)5-7-18(25)22-9-11-23(12-10-22)19-17(24(26)27)3-2-8-21-19/h2-4,6,8,13H,9-12H2,1H3. The lowest BCUT2D eigenvalue weighted by Gasteiger charge is -2.34. The van der Waals surface area contributed by atoms with Crippen molar-refractivity contribution in [2.45, 2.75) is 6.92 Å². The van der Waals surface area contributed by atoms with Gasteiger partial charge in [0.25, 0.3) is 5.91 Å².